The van der Waals surface area contributed by atoms with E-state index >= 15 is 0 Å². The minimum absolute atomic E-state index is 0.208. The first-order chi connectivity index (χ1) is 11.7. The van der Waals surface area contributed by atoms with Crippen molar-refractivity contribution in [1.29, 1.82) is 0 Å². The zero-order valence-corrected chi connectivity index (χ0v) is 14.1. The lowest BCUT2D eigenvalue weighted by Crippen LogP contribution is -2.34. The average molecular weight is 344 g/mol. The monoisotopic (exact) mass is 344 g/mol. The van der Waals surface area contributed by atoms with Gasteiger partial charge in [-0.25, -0.2) is 9.38 Å². The number of aliphatic imine (C=N–C) groups is 1. The van der Waals surface area contributed by atoms with Gasteiger partial charge in [0.2, 0.25) is 0 Å². The summed E-state index contributed by atoms with van der Waals surface area (Å²) >= 11 is 4.58. The Morgan fingerprint density at radius 3 is 2.71 bits per heavy atom. The molecular formula is C18H17FN2O2S. The minimum Gasteiger partial charge on any atom is -0.494 e. The normalized spacial score (nSPS) is 19.2. The van der Waals surface area contributed by atoms with Gasteiger partial charge in [-0.2, -0.15) is 0 Å². The maximum Gasteiger partial charge on any atom is 0.165 e. The third kappa shape index (κ3) is 3.85. The molecule has 1 aromatic carbocycles. The molecule has 1 saturated carbocycles. The number of ether oxygens (including phenoxy) is 2. The van der Waals surface area contributed by atoms with E-state index in [2.05, 4.69) is 27.4 Å². The van der Waals surface area contributed by atoms with E-state index in [0.717, 1.165) is 29.7 Å². The second-order valence-electron chi connectivity index (χ2n) is 5.67. The summed E-state index contributed by atoms with van der Waals surface area (Å²) in [5.41, 5.74) is 2.45. The molecule has 1 heterocycles. The highest BCUT2D eigenvalue weighted by atomic mass is 32.1. The molecule has 0 amide bonds. The topological polar surface area (TPSA) is 43.7 Å². The van der Waals surface area contributed by atoms with Gasteiger partial charge >= 0.3 is 0 Å². The van der Waals surface area contributed by atoms with E-state index in [-0.39, 0.29) is 23.7 Å². The Morgan fingerprint density at radius 2 is 2.08 bits per heavy atom. The molecule has 0 bridgehead atoms. The molecule has 24 heavy (non-hydrogen) atoms. The number of rotatable bonds is 6. The Morgan fingerprint density at radius 1 is 1.29 bits per heavy atom. The smallest absolute Gasteiger partial charge is 0.165 e. The molecule has 4 nitrogen and oxygen atoms in total. The van der Waals surface area contributed by atoms with Crippen molar-refractivity contribution in [2.45, 2.75) is 31.6 Å². The van der Waals surface area contributed by atoms with Gasteiger partial charge < -0.3 is 9.47 Å². The largest absolute Gasteiger partial charge is 0.494 e. The molecule has 6 heteroatoms. The quantitative estimate of drug-likeness (QED) is 0.586. The number of hydrogen-bond acceptors (Lipinski definition) is 5. The fourth-order valence-corrected chi connectivity index (χ4v) is 2.73. The zero-order valence-electron chi connectivity index (χ0n) is 13.2. The van der Waals surface area contributed by atoms with Crippen molar-refractivity contribution in [3.8, 4) is 16.9 Å². The van der Waals surface area contributed by atoms with Crippen molar-refractivity contribution in [2.75, 3.05) is 7.11 Å². The van der Waals surface area contributed by atoms with Crippen LogP contribution in [0, 0.1) is 5.82 Å². The van der Waals surface area contributed by atoms with Crippen LogP contribution in [0.3, 0.4) is 0 Å². The molecule has 0 N–H and O–H groups in total. The zero-order chi connectivity index (χ0) is 16.9. The molecule has 0 spiro atoms. The summed E-state index contributed by atoms with van der Waals surface area (Å²) in [5, 5.41) is 2.40. The molecule has 0 radical (unpaired) electrons. The molecule has 1 aliphatic carbocycles. The number of halogens is 1. The number of hydrogen-bond donors (Lipinski definition) is 0. The highest BCUT2D eigenvalue weighted by molar-refractivity contribution is 7.78. The number of isothiocyanates is 1. The summed E-state index contributed by atoms with van der Waals surface area (Å²) in [6, 6.07) is 8.91. The minimum atomic E-state index is -0.388. The predicted octanol–water partition coefficient (Wildman–Crippen LogP) is 4.05. The van der Waals surface area contributed by atoms with Crippen molar-refractivity contribution in [3.63, 3.8) is 0 Å². The summed E-state index contributed by atoms with van der Waals surface area (Å²) < 4.78 is 24.5. The Hall–Kier alpha value is -2.14. The van der Waals surface area contributed by atoms with Crippen molar-refractivity contribution in [2.24, 2.45) is 4.99 Å². The highest BCUT2D eigenvalue weighted by Crippen LogP contribution is 2.27. The third-order valence-corrected chi connectivity index (χ3v) is 4.19. The van der Waals surface area contributed by atoms with Crippen LogP contribution < -0.4 is 4.74 Å². The average Bonchev–Trinajstić information content (AvgIpc) is 2.57. The van der Waals surface area contributed by atoms with Gasteiger partial charge in [-0.1, -0.05) is 12.1 Å². The Bertz CT molecular complexity index is 754. The van der Waals surface area contributed by atoms with E-state index in [9.17, 15) is 4.39 Å². The van der Waals surface area contributed by atoms with Gasteiger partial charge in [-0.05, 0) is 48.8 Å². The van der Waals surface area contributed by atoms with E-state index < -0.39 is 0 Å². The second-order valence-corrected chi connectivity index (χ2v) is 5.85. The molecule has 1 aliphatic rings. The summed E-state index contributed by atoms with van der Waals surface area (Å²) in [6.07, 6.45) is 3.69. The Balaban J connectivity index is 1.57. The molecule has 0 aliphatic heterocycles. The van der Waals surface area contributed by atoms with Gasteiger partial charge in [-0.3, -0.25) is 4.98 Å². The summed E-state index contributed by atoms with van der Waals surface area (Å²) in [6.45, 7) is 0.454. The van der Waals surface area contributed by atoms with Crippen molar-refractivity contribution in [1.82, 2.24) is 4.98 Å². The molecule has 3 rings (SSSR count). The first-order valence-corrected chi connectivity index (χ1v) is 8.08. The van der Waals surface area contributed by atoms with E-state index in [1.165, 1.54) is 13.2 Å². The third-order valence-electron chi connectivity index (χ3n) is 4.08. The van der Waals surface area contributed by atoms with Crippen LogP contribution in [0.15, 0.2) is 41.5 Å². The second kappa shape index (κ2) is 7.62. The summed E-state index contributed by atoms with van der Waals surface area (Å²) in [7, 11) is 1.44. The summed E-state index contributed by atoms with van der Waals surface area (Å²) in [4.78, 5) is 8.41. The standard InChI is InChI=1S/C18H17FN2O2S/c1-22-18-5-3-12(6-17(18)19)13-2-4-14(20-9-13)10-23-16-7-15(8-16)21-11-24/h2-6,9,15-16H,7-8,10H2,1H3/t15-,16-. The number of pyridine rings is 1. The highest BCUT2D eigenvalue weighted by Gasteiger charge is 2.29. The van der Waals surface area contributed by atoms with Gasteiger partial charge in [0, 0.05) is 11.8 Å². The van der Waals surface area contributed by atoms with E-state index in [4.69, 9.17) is 9.47 Å². The van der Waals surface area contributed by atoms with Crippen molar-refractivity contribution < 1.29 is 13.9 Å². The number of thiocarbonyl (C=S) groups is 1. The maximum atomic E-state index is 13.8. The number of methoxy groups -OCH3 is 1. The molecule has 0 unspecified atom stereocenters. The molecule has 124 valence electrons. The van der Waals surface area contributed by atoms with Crippen LogP contribution in [0.2, 0.25) is 0 Å². The molecule has 1 aromatic heterocycles. The molecule has 0 atom stereocenters. The molecular weight excluding hydrogens is 327 g/mol. The van der Waals surface area contributed by atoms with Crippen LogP contribution in [0.1, 0.15) is 18.5 Å². The van der Waals surface area contributed by atoms with Crippen molar-refractivity contribution in [3.05, 3.63) is 48.0 Å². The van der Waals surface area contributed by atoms with Gasteiger partial charge in [0.1, 0.15) is 0 Å². The predicted molar refractivity (Wildman–Crippen MR) is 92.8 cm³/mol. The fraction of sp³-hybridized carbons (Fsp3) is 0.333. The maximum absolute atomic E-state index is 13.8. The summed E-state index contributed by atoms with van der Waals surface area (Å²) in [5.74, 6) is -0.158. The van der Waals surface area contributed by atoms with Crippen LogP contribution in [0.25, 0.3) is 11.1 Å². The Kier molecular flexibility index (Phi) is 5.30. The Labute approximate surface area is 145 Å². The van der Waals surface area contributed by atoms with Crippen LogP contribution in [-0.4, -0.2) is 29.4 Å². The van der Waals surface area contributed by atoms with Crippen molar-refractivity contribution >= 4 is 17.4 Å². The molecule has 0 saturated heterocycles. The molecule has 2 aromatic rings. The lowest BCUT2D eigenvalue weighted by molar-refractivity contribution is -0.0195. The van der Waals surface area contributed by atoms with Gasteiger partial charge in [0.15, 0.2) is 11.6 Å². The lowest BCUT2D eigenvalue weighted by Gasteiger charge is -2.31. The van der Waals surface area contributed by atoms with E-state index in [0.29, 0.717) is 6.61 Å². The van der Waals surface area contributed by atoms with E-state index in [1.807, 2.05) is 12.1 Å². The lowest BCUT2D eigenvalue weighted by atomic mass is 9.90. The first-order valence-electron chi connectivity index (χ1n) is 7.67. The van der Waals surface area contributed by atoms with Gasteiger partial charge in [0.25, 0.3) is 0 Å². The van der Waals surface area contributed by atoms with E-state index in [1.54, 1.807) is 18.3 Å². The van der Waals surface area contributed by atoms with Crippen LogP contribution in [0.5, 0.6) is 5.75 Å². The number of nitrogens with zero attached hydrogens (tertiary/aromatic N) is 2. The van der Waals surface area contributed by atoms with Gasteiger partial charge in [0.05, 0.1) is 36.7 Å². The number of aromatic nitrogens is 1. The number of benzene rings is 1. The molecule has 1 fully saturated rings. The van der Waals surface area contributed by atoms with Gasteiger partial charge in [-0.15, -0.1) is 0 Å². The van der Waals surface area contributed by atoms with Crippen LogP contribution in [0.4, 0.5) is 4.39 Å². The fourth-order valence-electron chi connectivity index (χ4n) is 2.58. The van der Waals surface area contributed by atoms with Crippen LogP contribution >= 0.6 is 12.2 Å². The SMILES string of the molecule is COc1ccc(-c2ccc(CO[C@H]3C[C@H](N=C=S)C3)nc2)cc1F. The van der Waals surface area contributed by atoms with Crippen LogP contribution in [-0.2, 0) is 11.3 Å². The first kappa shape index (κ1) is 16.7.